The number of ether oxygens (including phenoxy) is 1. The molecule has 0 spiro atoms. The van der Waals surface area contributed by atoms with E-state index in [9.17, 15) is 9.59 Å². The van der Waals surface area contributed by atoms with E-state index in [1.165, 1.54) is 12.1 Å². The van der Waals surface area contributed by atoms with Crippen molar-refractivity contribution in [3.63, 3.8) is 0 Å². The van der Waals surface area contributed by atoms with Crippen LogP contribution in [0.25, 0.3) is 0 Å². The molecule has 104 valence electrons. The van der Waals surface area contributed by atoms with Crippen LogP contribution in [0.5, 0.6) is 5.75 Å². The molecular weight excluding hydrogens is 248 g/mol. The van der Waals surface area contributed by atoms with Crippen LogP contribution in [0.1, 0.15) is 17.3 Å². The number of hydrogen-bond acceptors (Lipinski definition) is 4. The van der Waals surface area contributed by atoms with Crippen molar-refractivity contribution >= 4 is 11.9 Å². The van der Waals surface area contributed by atoms with Crippen molar-refractivity contribution in [1.82, 2.24) is 4.90 Å². The van der Waals surface area contributed by atoms with Gasteiger partial charge >= 0.3 is 5.97 Å². The first-order valence-electron chi connectivity index (χ1n) is 5.99. The monoisotopic (exact) mass is 266 g/mol. The lowest BCUT2D eigenvalue weighted by Gasteiger charge is -2.18. The highest BCUT2D eigenvalue weighted by atomic mass is 16.5. The molecule has 0 atom stereocenters. The maximum absolute atomic E-state index is 10.8. The van der Waals surface area contributed by atoms with Crippen LogP contribution in [0.4, 0.5) is 0 Å². The predicted molar refractivity (Wildman–Crippen MR) is 70.2 cm³/mol. The van der Waals surface area contributed by atoms with Crippen LogP contribution in [0.3, 0.4) is 0 Å². The second-order valence-corrected chi connectivity index (χ2v) is 4.01. The third-order valence-electron chi connectivity index (χ3n) is 2.60. The third kappa shape index (κ3) is 5.39. The number of amides is 1. The van der Waals surface area contributed by atoms with Crippen molar-refractivity contribution < 1.29 is 19.4 Å². The molecule has 0 saturated heterocycles. The van der Waals surface area contributed by atoms with Crippen LogP contribution in [0.15, 0.2) is 24.3 Å². The molecular formula is C13H18N2O4. The van der Waals surface area contributed by atoms with Gasteiger partial charge in [0.2, 0.25) is 5.91 Å². The maximum Gasteiger partial charge on any atom is 0.335 e. The van der Waals surface area contributed by atoms with Gasteiger partial charge in [-0.05, 0) is 30.8 Å². The molecule has 0 heterocycles. The molecule has 0 aromatic heterocycles. The maximum atomic E-state index is 10.8. The number of rotatable bonds is 8. The van der Waals surface area contributed by atoms with Gasteiger partial charge in [0.15, 0.2) is 0 Å². The molecule has 1 rings (SSSR count). The van der Waals surface area contributed by atoms with Crippen LogP contribution in [-0.2, 0) is 4.79 Å². The number of carbonyl (C=O) groups is 2. The van der Waals surface area contributed by atoms with Crippen molar-refractivity contribution in [1.29, 1.82) is 0 Å². The zero-order chi connectivity index (χ0) is 14.3. The topological polar surface area (TPSA) is 92.9 Å². The number of carboxylic acids is 1. The van der Waals surface area contributed by atoms with Crippen LogP contribution in [-0.4, -0.2) is 48.1 Å². The predicted octanol–water partition coefficient (Wildman–Crippen LogP) is 0.571. The average molecular weight is 266 g/mol. The van der Waals surface area contributed by atoms with E-state index in [1.807, 2.05) is 11.8 Å². The first-order valence-corrected chi connectivity index (χ1v) is 5.99. The molecule has 6 nitrogen and oxygen atoms in total. The van der Waals surface area contributed by atoms with E-state index in [4.69, 9.17) is 15.6 Å². The zero-order valence-electron chi connectivity index (χ0n) is 10.8. The van der Waals surface area contributed by atoms with Crippen LogP contribution < -0.4 is 10.5 Å². The van der Waals surface area contributed by atoms with Gasteiger partial charge in [-0.1, -0.05) is 6.92 Å². The standard InChI is InChI=1S/C13H18N2O4/c1-2-15(9-12(14)16)7-8-19-11-5-3-10(4-6-11)13(17)18/h3-6H,2,7-9H2,1H3,(H2,14,16)(H,17,18). The number of benzene rings is 1. The molecule has 0 bridgehead atoms. The minimum absolute atomic E-state index is 0.206. The van der Waals surface area contributed by atoms with Crippen LogP contribution >= 0.6 is 0 Å². The molecule has 1 amide bonds. The normalized spacial score (nSPS) is 10.4. The molecule has 0 saturated carbocycles. The first-order chi connectivity index (χ1) is 9.02. The quantitative estimate of drug-likeness (QED) is 0.717. The van der Waals surface area contributed by atoms with E-state index < -0.39 is 5.97 Å². The van der Waals surface area contributed by atoms with Gasteiger partial charge in [-0.25, -0.2) is 4.79 Å². The fourth-order valence-corrected chi connectivity index (χ4v) is 1.56. The van der Waals surface area contributed by atoms with Crippen molar-refractivity contribution in [3.8, 4) is 5.75 Å². The summed E-state index contributed by atoms with van der Waals surface area (Å²) in [5.74, 6) is -0.738. The van der Waals surface area contributed by atoms with Gasteiger partial charge in [0, 0.05) is 6.54 Å². The second kappa shape index (κ2) is 7.38. The van der Waals surface area contributed by atoms with Gasteiger partial charge in [-0.15, -0.1) is 0 Å². The van der Waals surface area contributed by atoms with Crippen LogP contribution in [0, 0.1) is 0 Å². The zero-order valence-corrected chi connectivity index (χ0v) is 10.8. The Morgan fingerprint density at radius 1 is 1.32 bits per heavy atom. The van der Waals surface area contributed by atoms with Crippen molar-refractivity contribution in [2.75, 3.05) is 26.2 Å². The lowest BCUT2D eigenvalue weighted by molar-refractivity contribution is -0.119. The Morgan fingerprint density at radius 2 is 1.95 bits per heavy atom. The molecule has 0 aliphatic heterocycles. The molecule has 0 radical (unpaired) electrons. The number of aromatic carboxylic acids is 1. The van der Waals surface area contributed by atoms with Gasteiger partial charge in [-0.2, -0.15) is 0 Å². The first kappa shape index (κ1) is 15.0. The molecule has 0 aliphatic rings. The van der Waals surface area contributed by atoms with Gasteiger partial charge in [0.05, 0.1) is 12.1 Å². The van der Waals surface area contributed by atoms with E-state index in [0.717, 1.165) is 0 Å². The van der Waals surface area contributed by atoms with Crippen molar-refractivity contribution in [3.05, 3.63) is 29.8 Å². The highest BCUT2D eigenvalue weighted by Gasteiger charge is 2.06. The highest BCUT2D eigenvalue weighted by Crippen LogP contribution is 2.12. The Kier molecular flexibility index (Phi) is 5.81. The summed E-state index contributed by atoms with van der Waals surface area (Å²) in [6.45, 7) is 3.85. The SMILES string of the molecule is CCN(CCOc1ccc(C(=O)O)cc1)CC(N)=O. The summed E-state index contributed by atoms with van der Waals surface area (Å²) in [7, 11) is 0. The summed E-state index contributed by atoms with van der Waals surface area (Å²) >= 11 is 0. The molecule has 1 aromatic rings. The number of carboxylic acid groups (broad SMARTS) is 1. The number of likely N-dealkylation sites (N-methyl/N-ethyl adjacent to an activating group) is 1. The molecule has 0 aliphatic carbocycles. The number of primary amides is 1. The average Bonchev–Trinajstić information content (AvgIpc) is 2.37. The number of hydrogen-bond donors (Lipinski definition) is 2. The van der Waals surface area contributed by atoms with E-state index in [-0.39, 0.29) is 18.0 Å². The summed E-state index contributed by atoms with van der Waals surface area (Å²) < 4.78 is 5.47. The van der Waals surface area contributed by atoms with Crippen molar-refractivity contribution in [2.45, 2.75) is 6.92 Å². The smallest absolute Gasteiger partial charge is 0.335 e. The molecule has 3 N–H and O–H groups in total. The van der Waals surface area contributed by atoms with Gasteiger partial charge < -0.3 is 15.6 Å². The van der Waals surface area contributed by atoms with Crippen molar-refractivity contribution in [2.24, 2.45) is 5.73 Å². The Balaban J connectivity index is 2.39. The Bertz CT molecular complexity index is 431. The second-order valence-electron chi connectivity index (χ2n) is 4.01. The Morgan fingerprint density at radius 3 is 2.42 bits per heavy atom. The Labute approximate surface area is 111 Å². The fourth-order valence-electron chi connectivity index (χ4n) is 1.56. The largest absolute Gasteiger partial charge is 0.492 e. The summed E-state index contributed by atoms with van der Waals surface area (Å²) in [5, 5.41) is 8.75. The number of nitrogens with zero attached hydrogens (tertiary/aromatic N) is 1. The third-order valence-corrected chi connectivity index (χ3v) is 2.60. The molecule has 6 heteroatoms. The van der Waals surface area contributed by atoms with E-state index in [0.29, 0.717) is 25.4 Å². The van der Waals surface area contributed by atoms with Gasteiger partial charge in [-0.3, -0.25) is 9.69 Å². The molecule has 0 unspecified atom stereocenters. The summed E-state index contributed by atoms with van der Waals surface area (Å²) in [6.07, 6.45) is 0. The van der Waals surface area contributed by atoms with E-state index in [1.54, 1.807) is 12.1 Å². The number of nitrogens with two attached hydrogens (primary N) is 1. The summed E-state index contributed by atoms with van der Waals surface area (Å²) in [4.78, 5) is 23.3. The van der Waals surface area contributed by atoms with Gasteiger partial charge in [0.25, 0.3) is 0 Å². The fraction of sp³-hybridized carbons (Fsp3) is 0.385. The molecule has 1 aromatic carbocycles. The van der Waals surface area contributed by atoms with E-state index >= 15 is 0 Å². The highest BCUT2D eigenvalue weighted by molar-refractivity contribution is 5.87. The number of carbonyl (C=O) groups excluding carboxylic acids is 1. The summed E-state index contributed by atoms with van der Waals surface area (Å²) in [5.41, 5.74) is 5.34. The van der Waals surface area contributed by atoms with Crippen LogP contribution in [0.2, 0.25) is 0 Å². The minimum Gasteiger partial charge on any atom is -0.492 e. The lowest BCUT2D eigenvalue weighted by Crippen LogP contribution is -2.36. The van der Waals surface area contributed by atoms with E-state index in [2.05, 4.69) is 0 Å². The lowest BCUT2D eigenvalue weighted by atomic mass is 10.2. The molecule has 19 heavy (non-hydrogen) atoms. The molecule has 0 fully saturated rings. The summed E-state index contributed by atoms with van der Waals surface area (Å²) in [6, 6.07) is 6.18. The van der Waals surface area contributed by atoms with Gasteiger partial charge in [0.1, 0.15) is 12.4 Å². The Hall–Kier alpha value is -2.08. The minimum atomic E-state index is -0.967.